The van der Waals surface area contributed by atoms with Gasteiger partial charge in [0.05, 0.1) is 0 Å². The molecule has 1 aromatic rings. The largest absolute Gasteiger partial charge is 0.356 e. The predicted molar refractivity (Wildman–Crippen MR) is 101 cm³/mol. The lowest BCUT2D eigenvalue weighted by Crippen LogP contribution is -2.31. The van der Waals surface area contributed by atoms with Crippen molar-refractivity contribution in [1.29, 1.82) is 0 Å². The molecule has 0 bridgehead atoms. The second kappa shape index (κ2) is 10.3. The number of thioether (sulfide) groups is 1. The number of hydrogen-bond acceptors (Lipinski definition) is 5. The first-order valence-corrected chi connectivity index (χ1v) is 9.73. The van der Waals surface area contributed by atoms with Crippen molar-refractivity contribution in [2.24, 2.45) is 17.6 Å². The van der Waals surface area contributed by atoms with E-state index in [1.807, 2.05) is 6.26 Å². The minimum Gasteiger partial charge on any atom is -0.356 e. The smallest absolute Gasteiger partial charge is 0.223 e. The van der Waals surface area contributed by atoms with E-state index >= 15 is 0 Å². The summed E-state index contributed by atoms with van der Waals surface area (Å²) in [6.45, 7) is 6.01. The molecule has 0 aromatic carbocycles. The second-order valence-corrected chi connectivity index (χ2v) is 7.55. The third-order valence-corrected chi connectivity index (χ3v) is 4.91. The number of rotatable bonds is 8. The van der Waals surface area contributed by atoms with Gasteiger partial charge in [-0.3, -0.25) is 4.79 Å². The highest BCUT2D eigenvalue weighted by Gasteiger charge is 2.27. The number of nitrogens with one attached hydrogen (secondary N) is 1. The Morgan fingerprint density at radius 3 is 2.75 bits per heavy atom. The summed E-state index contributed by atoms with van der Waals surface area (Å²) in [6.07, 6.45) is 6.46. The highest BCUT2D eigenvalue weighted by Crippen LogP contribution is 2.24. The van der Waals surface area contributed by atoms with Crippen molar-refractivity contribution in [1.82, 2.24) is 20.1 Å². The maximum absolute atomic E-state index is 12.1. The van der Waals surface area contributed by atoms with Gasteiger partial charge in [-0.2, -0.15) is 0 Å². The number of carbonyl (C=O) groups excluding carboxylic acids is 1. The van der Waals surface area contributed by atoms with Gasteiger partial charge in [-0.25, -0.2) is 0 Å². The van der Waals surface area contributed by atoms with Crippen LogP contribution in [0.15, 0.2) is 5.16 Å². The quantitative estimate of drug-likeness (QED) is 0.537. The Morgan fingerprint density at radius 1 is 1.42 bits per heavy atom. The Balaban J connectivity index is 0.00000288. The molecule has 1 amide bonds. The van der Waals surface area contributed by atoms with Gasteiger partial charge in [-0.15, -0.1) is 22.6 Å². The van der Waals surface area contributed by atoms with E-state index in [1.54, 1.807) is 11.8 Å². The molecule has 1 aromatic heterocycles. The maximum Gasteiger partial charge on any atom is 0.223 e. The second-order valence-electron chi connectivity index (χ2n) is 6.77. The fourth-order valence-electron chi connectivity index (χ4n) is 3.06. The summed E-state index contributed by atoms with van der Waals surface area (Å²) in [5.41, 5.74) is 5.87. The van der Waals surface area contributed by atoms with Gasteiger partial charge in [0.1, 0.15) is 5.82 Å². The van der Waals surface area contributed by atoms with E-state index in [0.29, 0.717) is 12.5 Å². The highest BCUT2D eigenvalue weighted by molar-refractivity contribution is 7.98. The molecule has 1 saturated carbocycles. The molecule has 3 N–H and O–H groups in total. The topological polar surface area (TPSA) is 85.8 Å². The first-order chi connectivity index (χ1) is 11.0. The van der Waals surface area contributed by atoms with Gasteiger partial charge in [-0.1, -0.05) is 25.6 Å². The molecule has 1 aliphatic rings. The van der Waals surface area contributed by atoms with Crippen LogP contribution in [0.1, 0.15) is 45.4 Å². The minimum atomic E-state index is 0. The number of hydrogen-bond donors (Lipinski definition) is 2. The van der Waals surface area contributed by atoms with Gasteiger partial charge in [0.15, 0.2) is 5.16 Å². The number of aryl methyl sites for hydroxylation is 1. The van der Waals surface area contributed by atoms with E-state index in [1.165, 1.54) is 0 Å². The average Bonchev–Trinajstić information content (AvgIpc) is 3.09. The van der Waals surface area contributed by atoms with Crippen LogP contribution in [0.3, 0.4) is 0 Å². The molecule has 0 aliphatic heterocycles. The molecule has 2 atom stereocenters. The lowest BCUT2D eigenvalue weighted by atomic mass is 10.1. The van der Waals surface area contributed by atoms with Crippen molar-refractivity contribution in [3.8, 4) is 0 Å². The van der Waals surface area contributed by atoms with Gasteiger partial charge >= 0.3 is 0 Å². The van der Waals surface area contributed by atoms with Crippen LogP contribution in [0.2, 0.25) is 0 Å². The van der Waals surface area contributed by atoms with E-state index < -0.39 is 0 Å². The minimum absolute atomic E-state index is 0. The van der Waals surface area contributed by atoms with E-state index in [2.05, 4.69) is 33.9 Å². The third kappa shape index (κ3) is 5.93. The zero-order valence-electron chi connectivity index (χ0n) is 14.8. The summed E-state index contributed by atoms with van der Waals surface area (Å²) in [7, 11) is 0. The third-order valence-electron chi connectivity index (χ3n) is 4.24. The first kappa shape index (κ1) is 21.3. The molecule has 1 heterocycles. The Kier molecular flexibility index (Phi) is 9.08. The van der Waals surface area contributed by atoms with Crippen molar-refractivity contribution in [3.63, 3.8) is 0 Å². The summed E-state index contributed by atoms with van der Waals surface area (Å²) in [5, 5.41) is 12.6. The standard InChI is InChI=1S/C16H29N5OS.ClH/c1-11(2)10-21-14(19-20-16(21)23-3)5-4-8-18-15(22)12-6-7-13(17)9-12;/h11-13H,4-10,17H2,1-3H3,(H,18,22);1H. The molecule has 1 fully saturated rings. The molecule has 1 aliphatic carbocycles. The molecule has 6 nitrogen and oxygen atoms in total. The number of halogens is 1. The molecule has 2 unspecified atom stereocenters. The molecule has 24 heavy (non-hydrogen) atoms. The van der Waals surface area contributed by atoms with Crippen molar-refractivity contribution in [3.05, 3.63) is 5.82 Å². The van der Waals surface area contributed by atoms with Gasteiger partial charge < -0.3 is 15.6 Å². The SMILES string of the molecule is CSc1nnc(CCCNC(=O)C2CCC(N)C2)n1CC(C)C.Cl. The van der Waals surface area contributed by atoms with Gasteiger partial charge in [0, 0.05) is 31.5 Å². The van der Waals surface area contributed by atoms with Crippen molar-refractivity contribution >= 4 is 30.1 Å². The summed E-state index contributed by atoms with van der Waals surface area (Å²) in [6, 6.07) is 0.199. The Hall–Kier alpha value is -0.790. The summed E-state index contributed by atoms with van der Waals surface area (Å²) >= 11 is 1.63. The number of carbonyl (C=O) groups is 1. The van der Waals surface area contributed by atoms with Crippen LogP contribution in [0.25, 0.3) is 0 Å². The van der Waals surface area contributed by atoms with Crippen LogP contribution in [-0.4, -0.2) is 39.5 Å². The molecule has 2 rings (SSSR count). The first-order valence-electron chi connectivity index (χ1n) is 8.50. The Labute approximate surface area is 155 Å². The van der Waals surface area contributed by atoms with Crippen LogP contribution >= 0.6 is 24.2 Å². The summed E-state index contributed by atoms with van der Waals surface area (Å²) in [5.74, 6) is 1.84. The van der Waals surface area contributed by atoms with Crippen LogP contribution in [0, 0.1) is 11.8 Å². The number of nitrogens with two attached hydrogens (primary N) is 1. The van der Waals surface area contributed by atoms with Crippen LogP contribution in [0.4, 0.5) is 0 Å². The lowest BCUT2D eigenvalue weighted by molar-refractivity contribution is -0.124. The summed E-state index contributed by atoms with van der Waals surface area (Å²) < 4.78 is 2.20. The van der Waals surface area contributed by atoms with Crippen molar-refractivity contribution in [2.75, 3.05) is 12.8 Å². The van der Waals surface area contributed by atoms with Crippen LogP contribution in [-0.2, 0) is 17.8 Å². The Morgan fingerprint density at radius 2 is 2.17 bits per heavy atom. The zero-order chi connectivity index (χ0) is 16.8. The zero-order valence-corrected chi connectivity index (χ0v) is 16.5. The molecular weight excluding hydrogens is 346 g/mol. The maximum atomic E-state index is 12.1. The number of nitrogens with zero attached hydrogens (tertiary/aromatic N) is 3. The van der Waals surface area contributed by atoms with E-state index in [9.17, 15) is 4.79 Å². The fourth-order valence-corrected chi connectivity index (χ4v) is 3.58. The van der Waals surface area contributed by atoms with E-state index in [0.717, 1.165) is 49.6 Å². The number of amides is 1. The predicted octanol–water partition coefficient (Wildman–Crippen LogP) is 2.25. The number of aromatic nitrogens is 3. The average molecular weight is 376 g/mol. The molecule has 138 valence electrons. The highest BCUT2D eigenvalue weighted by atomic mass is 35.5. The Bertz CT molecular complexity index is 523. The van der Waals surface area contributed by atoms with Gasteiger partial charge in [0.2, 0.25) is 5.91 Å². The monoisotopic (exact) mass is 375 g/mol. The van der Waals surface area contributed by atoms with Gasteiger partial charge in [-0.05, 0) is 37.9 Å². The fraction of sp³-hybridized carbons (Fsp3) is 0.812. The molecule has 0 radical (unpaired) electrons. The molecular formula is C16H30ClN5OS. The summed E-state index contributed by atoms with van der Waals surface area (Å²) in [4.78, 5) is 12.1. The van der Waals surface area contributed by atoms with Gasteiger partial charge in [0.25, 0.3) is 0 Å². The van der Waals surface area contributed by atoms with E-state index in [4.69, 9.17) is 5.73 Å². The van der Waals surface area contributed by atoms with E-state index in [-0.39, 0.29) is 30.3 Å². The van der Waals surface area contributed by atoms with Crippen molar-refractivity contribution in [2.45, 2.75) is 63.7 Å². The van der Waals surface area contributed by atoms with Crippen molar-refractivity contribution < 1.29 is 4.79 Å². The van der Waals surface area contributed by atoms with Crippen LogP contribution in [0.5, 0.6) is 0 Å². The molecule has 8 heteroatoms. The molecule has 0 spiro atoms. The normalized spacial score (nSPS) is 20.2. The lowest BCUT2D eigenvalue weighted by Gasteiger charge is -2.12. The van der Waals surface area contributed by atoms with Crippen LogP contribution < -0.4 is 11.1 Å². The molecule has 0 saturated heterocycles.